The molecule has 1 aliphatic heterocycles. The molecule has 0 saturated carbocycles. The molecule has 1 N–H and O–H groups in total. The average Bonchev–Trinajstić information content (AvgIpc) is 3.19. The van der Waals surface area contributed by atoms with Crippen molar-refractivity contribution in [3.05, 3.63) is 51.1 Å². The van der Waals surface area contributed by atoms with Gasteiger partial charge >= 0.3 is 0 Å². The van der Waals surface area contributed by atoms with E-state index in [9.17, 15) is 8.42 Å². The van der Waals surface area contributed by atoms with Crippen molar-refractivity contribution in [3.8, 4) is 11.5 Å². The zero-order valence-corrected chi connectivity index (χ0v) is 16.7. The lowest BCUT2D eigenvalue weighted by Gasteiger charge is -2.12. The molecule has 27 heavy (non-hydrogen) atoms. The summed E-state index contributed by atoms with van der Waals surface area (Å²) >= 11 is 7.20. The summed E-state index contributed by atoms with van der Waals surface area (Å²) in [6.45, 7) is 2.74. The smallest absolute Gasteiger partial charge is 0.261 e. The number of hydrogen-bond acceptors (Lipinski definition) is 7. The third kappa shape index (κ3) is 4.01. The number of hydrogen-bond donors (Lipinski definition) is 1. The van der Waals surface area contributed by atoms with Gasteiger partial charge in [-0.1, -0.05) is 28.9 Å². The maximum absolute atomic E-state index is 12.7. The maximum Gasteiger partial charge on any atom is 0.261 e. The zero-order valence-electron chi connectivity index (χ0n) is 14.4. The molecule has 10 heteroatoms. The number of halogens is 1. The lowest BCUT2D eigenvalue weighted by Crippen LogP contribution is -2.15. The molecule has 0 aliphatic carbocycles. The summed E-state index contributed by atoms with van der Waals surface area (Å²) in [5, 5.41) is 4.87. The fourth-order valence-corrected chi connectivity index (χ4v) is 5.70. The lowest BCUT2D eigenvalue weighted by molar-refractivity contribution is 0.113. The fraction of sp³-hybridized carbons (Fsp3) is 0.294. The Hall–Kier alpha value is -1.94. The quantitative estimate of drug-likeness (QED) is 0.668. The largest absolute Gasteiger partial charge is 0.376 e. The van der Waals surface area contributed by atoms with E-state index in [0.717, 1.165) is 10.4 Å². The average molecular weight is 426 g/mol. The van der Waals surface area contributed by atoms with Gasteiger partial charge in [0.25, 0.3) is 5.89 Å². The predicted molar refractivity (Wildman–Crippen MR) is 103 cm³/mol. The number of benzene rings is 1. The number of fused-ring (bicyclic) bond motifs is 1. The van der Waals surface area contributed by atoms with Crippen LogP contribution in [-0.4, -0.2) is 25.2 Å². The maximum atomic E-state index is 12.7. The molecule has 0 saturated heterocycles. The highest BCUT2D eigenvalue weighted by Gasteiger charge is 2.28. The summed E-state index contributed by atoms with van der Waals surface area (Å²) in [5.74, 6) is 0.647. The van der Waals surface area contributed by atoms with E-state index in [1.165, 1.54) is 11.3 Å². The van der Waals surface area contributed by atoms with Crippen LogP contribution in [0.15, 0.2) is 28.8 Å². The molecule has 0 bridgehead atoms. The fourth-order valence-electron chi connectivity index (χ4n) is 2.91. The van der Waals surface area contributed by atoms with Gasteiger partial charge in [0, 0.05) is 9.90 Å². The van der Waals surface area contributed by atoms with Crippen LogP contribution in [0, 0.1) is 6.92 Å². The number of nitrogens with one attached hydrogen (secondary N) is 1. The van der Waals surface area contributed by atoms with E-state index in [2.05, 4.69) is 14.9 Å². The molecule has 0 atom stereocenters. The van der Waals surface area contributed by atoms with Crippen molar-refractivity contribution in [1.29, 1.82) is 0 Å². The van der Waals surface area contributed by atoms with E-state index in [1.807, 2.05) is 0 Å². The predicted octanol–water partition coefficient (Wildman–Crippen LogP) is 3.77. The Labute approximate surface area is 165 Å². The number of anilines is 1. The van der Waals surface area contributed by atoms with Gasteiger partial charge in [0.15, 0.2) is 5.82 Å². The Morgan fingerprint density at radius 1 is 1.30 bits per heavy atom. The summed E-state index contributed by atoms with van der Waals surface area (Å²) in [5.41, 5.74) is 2.30. The van der Waals surface area contributed by atoms with Crippen LogP contribution in [0.3, 0.4) is 0 Å². The van der Waals surface area contributed by atoms with Crippen molar-refractivity contribution >= 4 is 38.0 Å². The van der Waals surface area contributed by atoms with E-state index in [4.69, 9.17) is 20.9 Å². The summed E-state index contributed by atoms with van der Waals surface area (Å²) in [7, 11) is -3.64. The Kier molecular flexibility index (Phi) is 4.94. The van der Waals surface area contributed by atoms with Gasteiger partial charge in [-0.05, 0) is 36.6 Å². The van der Waals surface area contributed by atoms with Crippen LogP contribution in [-0.2, 0) is 33.5 Å². The van der Waals surface area contributed by atoms with E-state index >= 15 is 0 Å². The molecule has 0 amide bonds. The lowest BCUT2D eigenvalue weighted by atomic mass is 10.1. The normalized spacial score (nSPS) is 14.1. The van der Waals surface area contributed by atoms with Gasteiger partial charge in [-0.2, -0.15) is 4.98 Å². The van der Waals surface area contributed by atoms with Gasteiger partial charge in [-0.15, -0.1) is 11.3 Å². The van der Waals surface area contributed by atoms with Crippen molar-refractivity contribution in [2.75, 3.05) is 11.3 Å². The number of ether oxygens (including phenoxy) is 1. The molecule has 7 nitrogen and oxygen atoms in total. The SMILES string of the molecule is Cc1noc(-c2c(NS(=O)(=O)Cc3ccc(Cl)cc3)sc3c2CCOC3)n1. The van der Waals surface area contributed by atoms with Crippen molar-refractivity contribution in [1.82, 2.24) is 10.1 Å². The number of nitrogens with zero attached hydrogens (tertiary/aromatic N) is 2. The molecule has 1 aromatic carbocycles. The minimum Gasteiger partial charge on any atom is -0.376 e. The second kappa shape index (κ2) is 7.23. The zero-order chi connectivity index (χ0) is 19.0. The molecule has 0 unspecified atom stereocenters. The number of rotatable bonds is 5. The van der Waals surface area contributed by atoms with Gasteiger partial charge in [0.1, 0.15) is 5.00 Å². The van der Waals surface area contributed by atoms with E-state index in [1.54, 1.807) is 31.2 Å². The molecule has 1 aliphatic rings. The third-order valence-electron chi connectivity index (χ3n) is 4.08. The molecule has 3 heterocycles. The topological polar surface area (TPSA) is 94.3 Å². The van der Waals surface area contributed by atoms with Crippen LogP contribution in [0.5, 0.6) is 0 Å². The molecule has 0 radical (unpaired) electrons. The first-order chi connectivity index (χ1) is 12.9. The van der Waals surface area contributed by atoms with Crippen LogP contribution in [0.4, 0.5) is 5.00 Å². The van der Waals surface area contributed by atoms with Crippen LogP contribution in [0.2, 0.25) is 5.02 Å². The Balaban J connectivity index is 1.68. The highest BCUT2D eigenvalue weighted by Crippen LogP contribution is 2.43. The summed E-state index contributed by atoms with van der Waals surface area (Å²) < 4.78 is 38.9. The molecule has 2 aromatic heterocycles. The number of aromatic nitrogens is 2. The first-order valence-electron chi connectivity index (χ1n) is 8.19. The van der Waals surface area contributed by atoms with Crippen LogP contribution >= 0.6 is 22.9 Å². The summed E-state index contributed by atoms with van der Waals surface area (Å²) in [4.78, 5) is 5.25. The number of sulfonamides is 1. The highest BCUT2D eigenvalue weighted by molar-refractivity contribution is 7.92. The Morgan fingerprint density at radius 2 is 2.07 bits per heavy atom. The van der Waals surface area contributed by atoms with E-state index < -0.39 is 10.0 Å². The number of thiophene rings is 1. The number of aryl methyl sites for hydroxylation is 1. The van der Waals surface area contributed by atoms with Crippen molar-refractivity contribution < 1.29 is 17.7 Å². The molecule has 142 valence electrons. The molecule has 3 aromatic rings. The van der Waals surface area contributed by atoms with Crippen LogP contribution < -0.4 is 4.72 Å². The second-order valence-corrected chi connectivity index (χ2v) is 9.41. The van der Waals surface area contributed by atoms with Gasteiger partial charge in [-0.25, -0.2) is 8.42 Å². The minimum atomic E-state index is -3.64. The van der Waals surface area contributed by atoms with Crippen molar-refractivity contribution in [2.45, 2.75) is 25.7 Å². The molecule has 0 fully saturated rings. The van der Waals surface area contributed by atoms with E-state index in [0.29, 0.717) is 52.5 Å². The second-order valence-electron chi connectivity index (χ2n) is 6.14. The van der Waals surface area contributed by atoms with Gasteiger partial charge in [0.05, 0.1) is 24.5 Å². The third-order valence-corrected chi connectivity index (χ3v) is 6.81. The Bertz CT molecular complexity index is 1070. The summed E-state index contributed by atoms with van der Waals surface area (Å²) in [6, 6.07) is 6.72. The minimum absolute atomic E-state index is 0.161. The molecule has 0 spiro atoms. The van der Waals surface area contributed by atoms with Gasteiger partial charge in [-0.3, -0.25) is 4.72 Å². The molecule has 4 rings (SSSR count). The van der Waals surface area contributed by atoms with Gasteiger partial charge < -0.3 is 9.26 Å². The van der Waals surface area contributed by atoms with E-state index in [-0.39, 0.29) is 5.75 Å². The van der Waals surface area contributed by atoms with Crippen LogP contribution in [0.1, 0.15) is 21.8 Å². The highest BCUT2D eigenvalue weighted by atomic mass is 35.5. The summed E-state index contributed by atoms with van der Waals surface area (Å²) in [6.07, 6.45) is 0.668. The first-order valence-corrected chi connectivity index (χ1v) is 11.0. The van der Waals surface area contributed by atoms with Crippen molar-refractivity contribution in [2.24, 2.45) is 0 Å². The van der Waals surface area contributed by atoms with Crippen LogP contribution in [0.25, 0.3) is 11.5 Å². The monoisotopic (exact) mass is 425 g/mol. The molecular formula is C17H16ClN3O4S2. The van der Waals surface area contributed by atoms with Crippen molar-refractivity contribution in [3.63, 3.8) is 0 Å². The first kappa shape index (κ1) is 18.4. The molecular weight excluding hydrogens is 410 g/mol. The van der Waals surface area contributed by atoms with Gasteiger partial charge in [0.2, 0.25) is 10.0 Å². The Morgan fingerprint density at radius 3 is 2.78 bits per heavy atom. The standard InChI is InChI=1S/C17H16ClN3O4S2/c1-10-19-16(25-20-10)15-13-6-7-24-8-14(13)26-17(15)21-27(22,23)9-11-2-4-12(18)5-3-11/h2-5,21H,6-9H2,1H3.